The predicted molar refractivity (Wildman–Crippen MR) is 109 cm³/mol. The number of carbonyl (C=O) groups excluding carboxylic acids is 1. The van der Waals surface area contributed by atoms with Gasteiger partial charge in [-0.05, 0) is 50.5 Å². The van der Waals surface area contributed by atoms with E-state index in [9.17, 15) is 4.79 Å². The van der Waals surface area contributed by atoms with E-state index in [1.807, 2.05) is 0 Å². The van der Waals surface area contributed by atoms with Crippen LogP contribution >= 0.6 is 11.6 Å². The van der Waals surface area contributed by atoms with Gasteiger partial charge in [0.1, 0.15) is 0 Å². The number of benzene rings is 1. The molecule has 2 heterocycles. The van der Waals surface area contributed by atoms with Gasteiger partial charge in [0.2, 0.25) is 5.91 Å². The van der Waals surface area contributed by atoms with Crippen LogP contribution in [0.4, 0.5) is 5.69 Å². The number of nitrogens with zero attached hydrogens (tertiary/aromatic N) is 2. The van der Waals surface area contributed by atoms with Crippen LogP contribution in [-0.2, 0) is 9.53 Å². The highest BCUT2D eigenvalue weighted by Crippen LogP contribution is 2.38. The molecule has 0 aliphatic carbocycles. The van der Waals surface area contributed by atoms with Crippen LogP contribution < -0.4 is 10.6 Å². The highest BCUT2D eigenvalue weighted by atomic mass is 35.5. The first-order chi connectivity index (χ1) is 13.1. The first-order valence-electron chi connectivity index (χ1n) is 9.77. The Morgan fingerprint density at radius 1 is 1.33 bits per heavy atom. The average molecular weight is 393 g/mol. The number of carbonyl (C=O) groups is 1. The van der Waals surface area contributed by atoms with E-state index in [2.05, 4.69) is 22.5 Å². The van der Waals surface area contributed by atoms with Gasteiger partial charge < -0.3 is 20.3 Å². The van der Waals surface area contributed by atoms with Gasteiger partial charge in [-0.2, -0.15) is 0 Å². The van der Waals surface area contributed by atoms with E-state index in [0.29, 0.717) is 23.4 Å². The van der Waals surface area contributed by atoms with Crippen LogP contribution in [-0.4, -0.2) is 56.2 Å². The largest absolute Gasteiger partial charge is 0.381 e. The van der Waals surface area contributed by atoms with E-state index >= 15 is 0 Å². The van der Waals surface area contributed by atoms with Gasteiger partial charge in [-0.1, -0.05) is 11.6 Å². The Hall–Kier alpha value is -1.79. The van der Waals surface area contributed by atoms with E-state index in [4.69, 9.17) is 21.3 Å². The maximum absolute atomic E-state index is 12.1. The molecule has 2 N–H and O–H groups in total. The molecule has 1 unspecified atom stereocenters. The number of likely N-dealkylation sites (tertiary alicyclic amines) is 1. The van der Waals surface area contributed by atoms with Crippen molar-refractivity contribution < 1.29 is 9.53 Å². The van der Waals surface area contributed by atoms with Crippen LogP contribution in [0, 0.1) is 5.41 Å². The van der Waals surface area contributed by atoms with Crippen LogP contribution in [0.2, 0.25) is 5.02 Å². The number of hydrogen-bond donors (Lipinski definition) is 2. The lowest BCUT2D eigenvalue weighted by atomic mass is 9.87. The topological polar surface area (TPSA) is 66.0 Å². The zero-order valence-electron chi connectivity index (χ0n) is 16.0. The second kappa shape index (κ2) is 9.42. The van der Waals surface area contributed by atoms with Gasteiger partial charge in [-0.15, -0.1) is 0 Å². The number of nitrogens with one attached hydrogen (secondary N) is 2. The molecule has 2 fully saturated rings. The first kappa shape index (κ1) is 20.0. The number of halogens is 1. The summed E-state index contributed by atoms with van der Waals surface area (Å²) in [5.41, 5.74) is 1.08. The summed E-state index contributed by atoms with van der Waals surface area (Å²) in [7, 11) is 0. The molecule has 1 aromatic carbocycles. The number of rotatable bonds is 6. The number of ether oxygens (including phenoxy) is 1. The highest BCUT2D eigenvalue weighted by molar-refractivity contribution is 6.30. The SMILES string of the molecule is CCNC(=NCCCC(=O)Nc1ccc(Cl)cc1)N1CCC2(CCOC2)C1. The summed E-state index contributed by atoms with van der Waals surface area (Å²) in [5, 5.41) is 6.93. The molecular formula is C20H29ClN4O2. The Morgan fingerprint density at radius 3 is 2.85 bits per heavy atom. The van der Waals surface area contributed by atoms with Crippen molar-refractivity contribution in [2.45, 2.75) is 32.6 Å². The minimum absolute atomic E-state index is 0.000697. The maximum atomic E-state index is 12.1. The summed E-state index contributed by atoms with van der Waals surface area (Å²) in [4.78, 5) is 19.1. The standard InChI is InChI=1S/C20H29ClN4O2/c1-2-22-19(25-12-9-20(14-25)10-13-27-15-20)23-11-3-4-18(26)24-17-7-5-16(21)6-8-17/h5-8H,2-4,9-15H2,1H3,(H,22,23)(H,24,26). The quantitative estimate of drug-likeness (QED) is 0.443. The Labute approximate surface area is 166 Å². The summed E-state index contributed by atoms with van der Waals surface area (Å²) >= 11 is 5.86. The van der Waals surface area contributed by atoms with Crippen molar-refractivity contribution in [3.8, 4) is 0 Å². The Bertz CT molecular complexity index is 656. The second-order valence-corrected chi connectivity index (χ2v) is 7.80. The molecule has 0 aromatic heterocycles. The lowest BCUT2D eigenvalue weighted by molar-refractivity contribution is -0.116. The van der Waals surface area contributed by atoms with Crippen molar-refractivity contribution in [3.05, 3.63) is 29.3 Å². The summed E-state index contributed by atoms with van der Waals surface area (Å²) in [6.07, 6.45) is 3.48. The number of guanidine groups is 1. The Kier molecular flexibility index (Phi) is 6.96. The van der Waals surface area contributed by atoms with Gasteiger partial charge in [-0.25, -0.2) is 0 Å². The number of anilines is 1. The third-order valence-corrected chi connectivity index (χ3v) is 5.46. The molecule has 2 aliphatic heterocycles. The van der Waals surface area contributed by atoms with Crippen molar-refractivity contribution in [1.29, 1.82) is 0 Å². The van der Waals surface area contributed by atoms with Crippen LogP contribution in [0.25, 0.3) is 0 Å². The molecular weight excluding hydrogens is 364 g/mol. The fourth-order valence-corrected chi connectivity index (χ4v) is 3.82. The fourth-order valence-electron chi connectivity index (χ4n) is 3.69. The van der Waals surface area contributed by atoms with Gasteiger partial charge in [0.25, 0.3) is 0 Å². The lowest BCUT2D eigenvalue weighted by Crippen LogP contribution is -2.41. The average Bonchev–Trinajstić information content (AvgIpc) is 3.30. The second-order valence-electron chi connectivity index (χ2n) is 7.37. The summed E-state index contributed by atoms with van der Waals surface area (Å²) < 4.78 is 5.61. The summed E-state index contributed by atoms with van der Waals surface area (Å²) in [5.74, 6) is 0.958. The molecule has 0 saturated carbocycles. The van der Waals surface area contributed by atoms with Crippen LogP contribution in [0.3, 0.4) is 0 Å². The summed E-state index contributed by atoms with van der Waals surface area (Å²) in [6.45, 7) is 7.34. The zero-order chi connectivity index (χ0) is 19.1. The minimum atomic E-state index is 0.000697. The number of amides is 1. The lowest BCUT2D eigenvalue weighted by Gasteiger charge is -2.25. The van der Waals surface area contributed by atoms with E-state index in [0.717, 1.165) is 57.3 Å². The van der Waals surface area contributed by atoms with Gasteiger partial charge in [0.15, 0.2) is 5.96 Å². The molecule has 0 bridgehead atoms. The molecule has 3 rings (SSSR count). The predicted octanol–water partition coefficient (Wildman–Crippen LogP) is 3.14. The van der Waals surface area contributed by atoms with Gasteiger partial charge in [-0.3, -0.25) is 9.79 Å². The molecule has 7 heteroatoms. The van der Waals surface area contributed by atoms with E-state index in [1.54, 1.807) is 24.3 Å². The van der Waals surface area contributed by atoms with Gasteiger partial charge >= 0.3 is 0 Å². The van der Waals surface area contributed by atoms with E-state index in [-0.39, 0.29) is 5.91 Å². The highest BCUT2D eigenvalue weighted by Gasteiger charge is 2.42. The maximum Gasteiger partial charge on any atom is 0.224 e. The summed E-state index contributed by atoms with van der Waals surface area (Å²) in [6, 6.07) is 7.14. The normalized spacial score (nSPS) is 22.4. The molecule has 1 atom stereocenters. The van der Waals surface area contributed by atoms with Gasteiger partial charge in [0, 0.05) is 55.3 Å². The van der Waals surface area contributed by atoms with Crippen molar-refractivity contribution in [2.24, 2.45) is 10.4 Å². The molecule has 1 amide bonds. The third kappa shape index (κ3) is 5.59. The minimum Gasteiger partial charge on any atom is -0.381 e. The van der Waals surface area contributed by atoms with Crippen molar-refractivity contribution in [2.75, 3.05) is 44.7 Å². The van der Waals surface area contributed by atoms with Crippen LogP contribution in [0.5, 0.6) is 0 Å². The van der Waals surface area contributed by atoms with Gasteiger partial charge in [0.05, 0.1) is 6.61 Å². The van der Waals surface area contributed by atoms with Crippen molar-refractivity contribution >= 4 is 29.2 Å². The number of aliphatic imine (C=N–C) groups is 1. The van der Waals surface area contributed by atoms with Crippen LogP contribution in [0.1, 0.15) is 32.6 Å². The fraction of sp³-hybridized carbons (Fsp3) is 0.600. The molecule has 1 aromatic rings. The molecule has 27 heavy (non-hydrogen) atoms. The smallest absolute Gasteiger partial charge is 0.224 e. The molecule has 0 radical (unpaired) electrons. The van der Waals surface area contributed by atoms with E-state index in [1.165, 1.54) is 6.42 Å². The Balaban J connectivity index is 1.44. The first-order valence-corrected chi connectivity index (χ1v) is 10.1. The van der Waals surface area contributed by atoms with Crippen LogP contribution in [0.15, 0.2) is 29.3 Å². The molecule has 2 saturated heterocycles. The monoisotopic (exact) mass is 392 g/mol. The van der Waals surface area contributed by atoms with Crippen molar-refractivity contribution in [1.82, 2.24) is 10.2 Å². The third-order valence-electron chi connectivity index (χ3n) is 5.21. The molecule has 1 spiro atoms. The van der Waals surface area contributed by atoms with Crippen molar-refractivity contribution in [3.63, 3.8) is 0 Å². The zero-order valence-corrected chi connectivity index (χ0v) is 16.7. The number of hydrogen-bond acceptors (Lipinski definition) is 3. The Morgan fingerprint density at radius 2 is 2.15 bits per heavy atom. The molecule has 148 valence electrons. The molecule has 6 nitrogen and oxygen atoms in total. The van der Waals surface area contributed by atoms with E-state index < -0.39 is 0 Å². The molecule has 2 aliphatic rings.